The van der Waals surface area contributed by atoms with E-state index in [0.717, 1.165) is 32.2 Å². The number of hydrogen-bond acceptors (Lipinski definition) is 3. The summed E-state index contributed by atoms with van der Waals surface area (Å²) < 4.78 is 0. The van der Waals surface area contributed by atoms with Crippen LogP contribution in [0, 0.1) is 11.8 Å². The molecule has 0 aromatic carbocycles. The topological polar surface area (TPSA) is 72.9 Å². The number of nitrogens with zero attached hydrogens (tertiary/aromatic N) is 2. The van der Waals surface area contributed by atoms with Crippen molar-refractivity contribution < 1.29 is 14.7 Å². The molecule has 6 nitrogen and oxygen atoms in total. The summed E-state index contributed by atoms with van der Waals surface area (Å²) in [5.41, 5.74) is 0. The Bertz CT molecular complexity index is 367. The van der Waals surface area contributed by atoms with E-state index in [0.29, 0.717) is 19.0 Å². The van der Waals surface area contributed by atoms with Crippen molar-refractivity contribution in [1.82, 2.24) is 15.1 Å². The number of aliphatic hydroxyl groups is 1. The van der Waals surface area contributed by atoms with E-state index in [4.69, 9.17) is 0 Å². The number of urea groups is 1. The first-order valence-electron chi connectivity index (χ1n) is 7.39. The number of aliphatic hydroxyl groups excluding tert-OH is 1. The van der Waals surface area contributed by atoms with Crippen LogP contribution in [0.3, 0.4) is 0 Å². The molecule has 2 rings (SSSR count). The van der Waals surface area contributed by atoms with Gasteiger partial charge in [0.1, 0.15) is 0 Å². The molecule has 0 aromatic rings. The lowest BCUT2D eigenvalue weighted by Crippen LogP contribution is -2.49. The average Bonchev–Trinajstić information content (AvgIpc) is 2.41. The van der Waals surface area contributed by atoms with Crippen molar-refractivity contribution in [3.8, 4) is 0 Å². The molecule has 1 saturated heterocycles. The summed E-state index contributed by atoms with van der Waals surface area (Å²) in [6.45, 7) is 1.89. The maximum atomic E-state index is 12.1. The molecule has 2 N–H and O–H groups in total. The maximum Gasteiger partial charge on any atom is 0.319 e. The molecule has 0 bridgehead atoms. The van der Waals surface area contributed by atoms with Crippen LogP contribution in [0.2, 0.25) is 0 Å². The summed E-state index contributed by atoms with van der Waals surface area (Å²) in [5, 5.41) is 12.2. The smallest absolute Gasteiger partial charge is 0.319 e. The number of carbonyl (C=O) groups excluding carboxylic acids is 2. The van der Waals surface area contributed by atoms with Crippen LogP contribution in [-0.2, 0) is 4.79 Å². The zero-order valence-electron chi connectivity index (χ0n) is 12.3. The molecule has 6 heteroatoms. The molecule has 1 heterocycles. The van der Waals surface area contributed by atoms with Crippen LogP contribution >= 0.6 is 0 Å². The quantitative estimate of drug-likeness (QED) is 0.781. The Kier molecular flexibility index (Phi) is 4.86. The molecule has 1 unspecified atom stereocenters. The minimum absolute atomic E-state index is 0.0235. The SMILES string of the molecule is CN(C)C(=O)N1CCCC(C(=O)NCC2CC(O)C2)C1. The Balaban J connectivity index is 1.76. The molecule has 0 spiro atoms. The summed E-state index contributed by atoms with van der Waals surface area (Å²) in [5.74, 6) is 0.359. The largest absolute Gasteiger partial charge is 0.393 e. The molecule has 1 saturated carbocycles. The average molecular weight is 283 g/mol. The summed E-state index contributed by atoms with van der Waals surface area (Å²) in [7, 11) is 3.46. The third-order valence-electron chi connectivity index (χ3n) is 4.22. The summed E-state index contributed by atoms with van der Waals surface area (Å²) in [4.78, 5) is 27.4. The van der Waals surface area contributed by atoms with Gasteiger partial charge in [0, 0.05) is 33.7 Å². The number of carbonyl (C=O) groups is 2. The number of likely N-dealkylation sites (tertiary alicyclic amines) is 1. The van der Waals surface area contributed by atoms with E-state index < -0.39 is 0 Å². The lowest BCUT2D eigenvalue weighted by molar-refractivity contribution is -0.126. The Morgan fingerprint density at radius 2 is 2.05 bits per heavy atom. The van der Waals surface area contributed by atoms with Crippen molar-refractivity contribution in [3.63, 3.8) is 0 Å². The lowest BCUT2D eigenvalue weighted by Gasteiger charge is -2.35. The Labute approximate surface area is 120 Å². The molecular formula is C14H25N3O3. The van der Waals surface area contributed by atoms with E-state index in [1.54, 1.807) is 23.9 Å². The highest BCUT2D eigenvalue weighted by molar-refractivity contribution is 5.80. The van der Waals surface area contributed by atoms with Crippen LogP contribution in [0.4, 0.5) is 4.79 Å². The molecule has 3 amide bonds. The molecule has 20 heavy (non-hydrogen) atoms. The predicted molar refractivity (Wildman–Crippen MR) is 75.1 cm³/mol. The summed E-state index contributed by atoms with van der Waals surface area (Å²) >= 11 is 0. The van der Waals surface area contributed by atoms with E-state index in [9.17, 15) is 14.7 Å². The third kappa shape index (κ3) is 3.62. The van der Waals surface area contributed by atoms with E-state index in [2.05, 4.69) is 5.32 Å². The van der Waals surface area contributed by atoms with Gasteiger partial charge in [-0.05, 0) is 31.6 Å². The normalized spacial score (nSPS) is 29.6. The van der Waals surface area contributed by atoms with Crippen LogP contribution in [0.5, 0.6) is 0 Å². The first kappa shape index (κ1) is 15.1. The molecule has 1 aliphatic carbocycles. The van der Waals surface area contributed by atoms with Gasteiger partial charge < -0.3 is 20.2 Å². The molecule has 0 radical (unpaired) electrons. The molecule has 1 atom stereocenters. The van der Waals surface area contributed by atoms with E-state index in [-0.39, 0.29) is 24.0 Å². The second-order valence-corrected chi connectivity index (χ2v) is 6.20. The van der Waals surface area contributed by atoms with Gasteiger partial charge in [-0.1, -0.05) is 0 Å². The zero-order chi connectivity index (χ0) is 14.7. The van der Waals surface area contributed by atoms with Gasteiger partial charge in [0.15, 0.2) is 0 Å². The van der Waals surface area contributed by atoms with Crippen LogP contribution in [0.1, 0.15) is 25.7 Å². The second-order valence-electron chi connectivity index (χ2n) is 6.20. The number of amides is 3. The van der Waals surface area contributed by atoms with Gasteiger partial charge in [-0.2, -0.15) is 0 Å². The fourth-order valence-electron chi connectivity index (χ4n) is 2.90. The van der Waals surface area contributed by atoms with Crippen LogP contribution in [0.25, 0.3) is 0 Å². The maximum absolute atomic E-state index is 12.1. The Hall–Kier alpha value is -1.30. The van der Waals surface area contributed by atoms with Crippen LogP contribution in [-0.4, -0.2) is 66.7 Å². The van der Waals surface area contributed by atoms with Gasteiger partial charge in [-0.25, -0.2) is 4.79 Å². The highest BCUT2D eigenvalue weighted by atomic mass is 16.3. The fourth-order valence-corrected chi connectivity index (χ4v) is 2.90. The van der Waals surface area contributed by atoms with Crippen molar-refractivity contribution >= 4 is 11.9 Å². The van der Waals surface area contributed by atoms with E-state index >= 15 is 0 Å². The Morgan fingerprint density at radius 3 is 2.65 bits per heavy atom. The van der Waals surface area contributed by atoms with E-state index in [1.165, 1.54) is 0 Å². The Morgan fingerprint density at radius 1 is 1.35 bits per heavy atom. The number of rotatable bonds is 3. The van der Waals surface area contributed by atoms with Crippen molar-refractivity contribution in [1.29, 1.82) is 0 Å². The highest BCUT2D eigenvalue weighted by Gasteiger charge is 2.31. The van der Waals surface area contributed by atoms with Gasteiger partial charge in [-0.15, -0.1) is 0 Å². The minimum atomic E-state index is -0.181. The fraction of sp³-hybridized carbons (Fsp3) is 0.857. The molecule has 2 fully saturated rings. The molecule has 2 aliphatic rings. The second kappa shape index (κ2) is 6.43. The summed E-state index contributed by atoms with van der Waals surface area (Å²) in [6.07, 6.45) is 3.11. The standard InChI is InChI=1S/C14H25N3O3/c1-16(2)14(20)17-5-3-4-11(9-17)13(19)15-8-10-6-12(18)7-10/h10-12,18H,3-9H2,1-2H3,(H,15,19). The van der Waals surface area contributed by atoms with Gasteiger partial charge >= 0.3 is 6.03 Å². The van der Waals surface area contributed by atoms with Crippen molar-refractivity contribution in [2.45, 2.75) is 31.8 Å². The first-order valence-corrected chi connectivity index (χ1v) is 7.39. The number of piperidine rings is 1. The monoisotopic (exact) mass is 283 g/mol. The third-order valence-corrected chi connectivity index (χ3v) is 4.22. The van der Waals surface area contributed by atoms with Gasteiger partial charge in [0.25, 0.3) is 0 Å². The molecular weight excluding hydrogens is 258 g/mol. The van der Waals surface area contributed by atoms with Crippen molar-refractivity contribution in [3.05, 3.63) is 0 Å². The van der Waals surface area contributed by atoms with Crippen molar-refractivity contribution in [2.24, 2.45) is 11.8 Å². The van der Waals surface area contributed by atoms with Gasteiger partial charge in [0.05, 0.1) is 12.0 Å². The molecule has 114 valence electrons. The van der Waals surface area contributed by atoms with E-state index in [1.807, 2.05) is 0 Å². The van der Waals surface area contributed by atoms with Gasteiger partial charge in [0.2, 0.25) is 5.91 Å². The summed E-state index contributed by atoms with van der Waals surface area (Å²) in [6, 6.07) is -0.0235. The predicted octanol–water partition coefficient (Wildman–Crippen LogP) is 0.267. The first-order chi connectivity index (χ1) is 9.47. The zero-order valence-corrected chi connectivity index (χ0v) is 12.3. The van der Waals surface area contributed by atoms with Gasteiger partial charge in [-0.3, -0.25) is 4.79 Å². The number of nitrogens with one attached hydrogen (secondary N) is 1. The number of hydrogen-bond donors (Lipinski definition) is 2. The van der Waals surface area contributed by atoms with Crippen LogP contribution in [0.15, 0.2) is 0 Å². The van der Waals surface area contributed by atoms with Crippen molar-refractivity contribution in [2.75, 3.05) is 33.7 Å². The van der Waals surface area contributed by atoms with Crippen LogP contribution < -0.4 is 5.32 Å². The molecule has 0 aromatic heterocycles. The highest BCUT2D eigenvalue weighted by Crippen LogP contribution is 2.26. The lowest BCUT2D eigenvalue weighted by atomic mass is 9.82. The molecule has 1 aliphatic heterocycles. The minimum Gasteiger partial charge on any atom is -0.393 e.